The number of rotatable bonds is 4. The van der Waals surface area contributed by atoms with E-state index >= 15 is 0 Å². The molecule has 0 radical (unpaired) electrons. The molecule has 7 nitrogen and oxygen atoms in total. The number of carbonyl (C=O) groups is 2. The lowest BCUT2D eigenvalue weighted by Crippen LogP contribution is -2.57. The Morgan fingerprint density at radius 2 is 1.10 bits per heavy atom. The molecule has 0 heterocycles. The lowest BCUT2D eigenvalue weighted by Gasteiger charge is -2.58. The SMILES string of the molecule is Nc1ccc(Oc2ccc(N)cc2)cc1.O=C(O)C12CC3CC(C1)CC(C(=O)O)(C3)C2. The van der Waals surface area contributed by atoms with Gasteiger partial charge in [-0.1, -0.05) is 0 Å². The van der Waals surface area contributed by atoms with Crippen LogP contribution in [0.15, 0.2) is 48.5 Å². The second-order valence-electron chi connectivity index (χ2n) is 9.37. The highest BCUT2D eigenvalue weighted by atomic mass is 16.5. The van der Waals surface area contributed by atoms with E-state index in [4.69, 9.17) is 16.2 Å². The predicted molar refractivity (Wildman–Crippen MR) is 117 cm³/mol. The molecule has 0 unspecified atom stereocenters. The van der Waals surface area contributed by atoms with Crippen LogP contribution in [0.25, 0.3) is 0 Å². The summed E-state index contributed by atoms with van der Waals surface area (Å²) in [4.78, 5) is 22.8. The van der Waals surface area contributed by atoms with Crippen molar-refractivity contribution in [3.63, 3.8) is 0 Å². The van der Waals surface area contributed by atoms with Gasteiger partial charge in [0.2, 0.25) is 0 Å². The molecule has 2 aromatic rings. The summed E-state index contributed by atoms with van der Waals surface area (Å²) in [6, 6.07) is 14.5. The average Bonchev–Trinajstić information content (AvgIpc) is 2.71. The number of carboxylic acids is 2. The Morgan fingerprint density at radius 1 is 0.742 bits per heavy atom. The van der Waals surface area contributed by atoms with Gasteiger partial charge in [0.1, 0.15) is 11.5 Å². The van der Waals surface area contributed by atoms with Crippen LogP contribution in [0.3, 0.4) is 0 Å². The Hall–Kier alpha value is -3.22. The van der Waals surface area contributed by atoms with Crippen LogP contribution in [0.2, 0.25) is 0 Å². The van der Waals surface area contributed by atoms with E-state index in [-0.39, 0.29) is 0 Å². The van der Waals surface area contributed by atoms with E-state index in [1.807, 2.05) is 24.3 Å². The molecule has 4 aliphatic carbocycles. The van der Waals surface area contributed by atoms with Crippen LogP contribution >= 0.6 is 0 Å². The van der Waals surface area contributed by atoms with Crippen molar-refractivity contribution in [3.8, 4) is 11.5 Å². The zero-order valence-electron chi connectivity index (χ0n) is 17.3. The van der Waals surface area contributed by atoms with Crippen LogP contribution in [0.1, 0.15) is 38.5 Å². The van der Waals surface area contributed by atoms with Crippen molar-refractivity contribution in [1.29, 1.82) is 0 Å². The number of anilines is 2. The number of nitrogens with two attached hydrogens (primary N) is 2. The molecular weight excluding hydrogens is 396 g/mol. The molecule has 0 aliphatic heterocycles. The first kappa shape index (κ1) is 21.0. The van der Waals surface area contributed by atoms with Crippen molar-refractivity contribution < 1.29 is 24.5 Å². The maximum Gasteiger partial charge on any atom is 0.309 e. The van der Waals surface area contributed by atoms with E-state index in [1.165, 1.54) is 0 Å². The summed E-state index contributed by atoms with van der Waals surface area (Å²) in [5.41, 5.74) is 11.1. The van der Waals surface area contributed by atoms with Gasteiger partial charge in [-0.2, -0.15) is 0 Å². The molecule has 31 heavy (non-hydrogen) atoms. The summed E-state index contributed by atoms with van der Waals surface area (Å²) in [7, 11) is 0. The minimum Gasteiger partial charge on any atom is -0.481 e. The molecule has 6 N–H and O–H groups in total. The minimum atomic E-state index is -0.771. The van der Waals surface area contributed by atoms with Crippen molar-refractivity contribution in [2.75, 3.05) is 11.5 Å². The van der Waals surface area contributed by atoms with Crippen LogP contribution in [0.5, 0.6) is 11.5 Å². The molecule has 0 spiro atoms. The number of benzene rings is 2. The van der Waals surface area contributed by atoms with Gasteiger partial charge >= 0.3 is 11.9 Å². The highest BCUT2D eigenvalue weighted by Crippen LogP contribution is 2.65. The monoisotopic (exact) mass is 424 g/mol. The molecule has 164 valence electrons. The standard InChI is InChI=1S/C12H12N2O.C12H16O4/c13-9-1-5-11(6-2-9)15-12-7-3-10(14)4-8-12;13-9(14)11-2-7-1-8(4-11)5-12(3-7,6-11)10(15)16/h1-8H,13-14H2;7-8H,1-6H2,(H,13,14)(H,15,16). The molecule has 7 heteroatoms. The van der Waals surface area contributed by atoms with Crippen molar-refractivity contribution in [2.45, 2.75) is 38.5 Å². The Labute approximate surface area is 181 Å². The Balaban J connectivity index is 0.000000150. The number of aliphatic carboxylic acids is 2. The third-order valence-corrected chi connectivity index (χ3v) is 6.96. The molecule has 4 aliphatic rings. The highest BCUT2D eigenvalue weighted by Gasteiger charge is 2.63. The number of hydrogen-bond donors (Lipinski definition) is 4. The van der Waals surface area contributed by atoms with Crippen molar-refractivity contribution in [3.05, 3.63) is 48.5 Å². The maximum atomic E-state index is 11.4. The van der Waals surface area contributed by atoms with Crippen LogP contribution < -0.4 is 16.2 Å². The fraction of sp³-hybridized carbons (Fsp3) is 0.417. The molecule has 0 aromatic heterocycles. The van der Waals surface area contributed by atoms with Gasteiger partial charge in [-0.3, -0.25) is 9.59 Å². The molecule has 0 amide bonds. The van der Waals surface area contributed by atoms with Gasteiger partial charge in [-0.05, 0) is 98.9 Å². The van der Waals surface area contributed by atoms with E-state index in [0.717, 1.165) is 29.3 Å². The predicted octanol–water partition coefficient (Wildman–Crippen LogP) is 4.39. The van der Waals surface area contributed by atoms with E-state index in [0.29, 0.717) is 43.9 Å². The normalized spacial score (nSPS) is 30.2. The lowest BCUT2D eigenvalue weighted by atomic mass is 9.44. The fourth-order valence-electron chi connectivity index (χ4n) is 5.97. The summed E-state index contributed by atoms with van der Waals surface area (Å²) in [6.45, 7) is 0. The minimum absolute atomic E-state index is 0.327. The zero-order chi connectivity index (χ0) is 22.2. The first-order valence-electron chi connectivity index (χ1n) is 10.6. The van der Waals surface area contributed by atoms with Gasteiger partial charge in [0.25, 0.3) is 0 Å². The van der Waals surface area contributed by atoms with Gasteiger partial charge in [0.15, 0.2) is 0 Å². The Kier molecular flexibility index (Phi) is 5.29. The summed E-state index contributed by atoms with van der Waals surface area (Å²) in [5.74, 6) is 0.629. The molecular formula is C24H28N2O5. The number of ether oxygens (including phenoxy) is 1. The van der Waals surface area contributed by atoms with E-state index in [2.05, 4.69) is 0 Å². The molecule has 4 saturated carbocycles. The summed E-state index contributed by atoms with van der Waals surface area (Å²) in [5, 5.41) is 18.8. The second kappa shape index (κ2) is 7.80. The number of hydrogen-bond acceptors (Lipinski definition) is 5. The zero-order valence-corrected chi connectivity index (χ0v) is 17.3. The van der Waals surface area contributed by atoms with Crippen LogP contribution in [-0.2, 0) is 9.59 Å². The van der Waals surface area contributed by atoms with Crippen LogP contribution in [0.4, 0.5) is 11.4 Å². The van der Waals surface area contributed by atoms with Gasteiger partial charge in [0.05, 0.1) is 10.8 Å². The summed E-state index contributed by atoms with van der Waals surface area (Å²) in [6.07, 6.45) is 4.21. The first-order valence-corrected chi connectivity index (χ1v) is 10.6. The highest BCUT2D eigenvalue weighted by molar-refractivity contribution is 5.81. The Bertz CT molecular complexity index is 881. The third-order valence-electron chi connectivity index (χ3n) is 6.96. The topological polar surface area (TPSA) is 136 Å². The Morgan fingerprint density at radius 3 is 1.42 bits per heavy atom. The number of carboxylic acid groups (broad SMARTS) is 2. The lowest BCUT2D eigenvalue weighted by molar-refractivity contribution is -0.187. The second-order valence-corrected chi connectivity index (χ2v) is 9.37. The summed E-state index contributed by atoms with van der Waals surface area (Å²) >= 11 is 0. The molecule has 0 saturated heterocycles. The van der Waals surface area contributed by atoms with Gasteiger partial charge in [-0.25, -0.2) is 0 Å². The van der Waals surface area contributed by atoms with Gasteiger partial charge < -0.3 is 26.4 Å². The van der Waals surface area contributed by atoms with Crippen LogP contribution in [0, 0.1) is 22.7 Å². The largest absolute Gasteiger partial charge is 0.481 e. The summed E-state index contributed by atoms with van der Waals surface area (Å²) < 4.78 is 5.58. The third kappa shape index (κ3) is 4.17. The van der Waals surface area contributed by atoms with E-state index in [1.54, 1.807) is 24.3 Å². The van der Waals surface area contributed by atoms with Crippen LogP contribution in [-0.4, -0.2) is 22.2 Å². The van der Waals surface area contributed by atoms with Gasteiger partial charge in [0, 0.05) is 11.4 Å². The maximum absolute atomic E-state index is 11.4. The quantitative estimate of drug-likeness (QED) is 0.535. The molecule has 6 rings (SSSR count). The van der Waals surface area contributed by atoms with Crippen molar-refractivity contribution in [2.24, 2.45) is 22.7 Å². The average molecular weight is 424 g/mol. The smallest absolute Gasteiger partial charge is 0.309 e. The number of nitrogen functional groups attached to an aromatic ring is 2. The molecule has 4 bridgehead atoms. The molecule has 0 atom stereocenters. The van der Waals surface area contributed by atoms with Crippen molar-refractivity contribution >= 4 is 23.3 Å². The van der Waals surface area contributed by atoms with Crippen molar-refractivity contribution in [1.82, 2.24) is 0 Å². The first-order chi connectivity index (χ1) is 14.7. The van der Waals surface area contributed by atoms with E-state index in [9.17, 15) is 19.8 Å². The van der Waals surface area contributed by atoms with Gasteiger partial charge in [-0.15, -0.1) is 0 Å². The van der Waals surface area contributed by atoms with E-state index < -0.39 is 22.8 Å². The fourth-order valence-corrected chi connectivity index (χ4v) is 5.97. The molecule has 4 fully saturated rings. The molecule has 2 aromatic carbocycles.